The Balaban J connectivity index is 1.40. The minimum atomic E-state index is 0.431. The number of methoxy groups -OCH3 is 1. The van der Waals surface area contributed by atoms with Gasteiger partial charge in [-0.15, -0.1) is 5.10 Å². The van der Waals surface area contributed by atoms with Crippen LogP contribution in [0.15, 0.2) is 53.1 Å². The van der Waals surface area contributed by atoms with Crippen LogP contribution in [0.5, 0.6) is 5.75 Å². The van der Waals surface area contributed by atoms with Crippen LogP contribution in [-0.2, 0) is 6.54 Å². The van der Waals surface area contributed by atoms with Crippen molar-refractivity contribution >= 4 is 21.6 Å². The highest BCUT2D eigenvalue weighted by Gasteiger charge is 2.30. The number of ether oxygens (including phenoxy) is 1. The summed E-state index contributed by atoms with van der Waals surface area (Å²) in [6.45, 7) is 0.624. The maximum absolute atomic E-state index is 5.55. The quantitative estimate of drug-likeness (QED) is 0.422. The molecule has 0 amide bonds. The van der Waals surface area contributed by atoms with E-state index in [1.165, 1.54) is 0 Å². The van der Waals surface area contributed by atoms with Crippen molar-refractivity contribution in [2.75, 3.05) is 12.4 Å². The Morgan fingerprint density at radius 1 is 1.20 bits per heavy atom. The molecule has 1 saturated carbocycles. The molecule has 0 atom stereocenters. The van der Waals surface area contributed by atoms with Gasteiger partial charge in [-0.1, -0.05) is 28.1 Å². The van der Waals surface area contributed by atoms with E-state index in [9.17, 15) is 0 Å². The van der Waals surface area contributed by atoms with Crippen LogP contribution in [-0.4, -0.2) is 37.5 Å². The summed E-state index contributed by atoms with van der Waals surface area (Å²) in [6.07, 6.45) is 4.10. The molecule has 152 valence electrons. The van der Waals surface area contributed by atoms with Crippen LogP contribution in [0.1, 0.15) is 30.1 Å². The third kappa shape index (κ3) is 3.68. The molecule has 5 rings (SSSR count). The molecular formula is C21H20BrN7O. The number of anilines is 1. The molecule has 0 spiro atoms. The summed E-state index contributed by atoms with van der Waals surface area (Å²) in [5, 5.41) is 23.1. The van der Waals surface area contributed by atoms with Gasteiger partial charge in [0.25, 0.3) is 0 Å². The van der Waals surface area contributed by atoms with Gasteiger partial charge in [0.05, 0.1) is 19.0 Å². The molecule has 2 heterocycles. The third-order valence-electron chi connectivity index (χ3n) is 5.18. The number of tetrazole rings is 1. The maximum atomic E-state index is 5.55. The van der Waals surface area contributed by atoms with Crippen molar-refractivity contribution in [3.63, 3.8) is 0 Å². The summed E-state index contributed by atoms with van der Waals surface area (Å²) < 4.78 is 8.38. The SMILES string of the molecule is COc1ccc(NCc2cn[nH]c2-c2ccc(Br)cc2)cc1-n1nnnc1C1CC1. The summed E-state index contributed by atoms with van der Waals surface area (Å²) in [6, 6.07) is 14.1. The molecule has 2 N–H and O–H groups in total. The fourth-order valence-corrected chi connectivity index (χ4v) is 3.70. The molecule has 0 bridgehead atoms. The lowest BCUT2D eigenvalue weighted by molar-refractivity contribution is 0.411. The van der Waals surface area contributed by atoms with Crippen LogP contribution in [0.3, 0.4) is 0 Å². The first-order valence-corrected chi connectivity index (χ1v) is 10.5. The van der Waals surface area contributed by atoms with E-state index >= 15 is 0 Å². The monoisotopic (exact) mass is 465 g/mol. The molecule has 0 unspecified atom stereocenters. The van der Waals surface area contributed by atoms with E-state index < -0.39 is 0 Å². The van der Waals surface area contributed by atoms with E-state index in [0.29, 0.717) is 12.5 Å². The van der Waals surface area contributed by atoms with Gasteiger partial charge in [-0.25, -0.2) is 0 Å². The van der Waals surface area contributed by atoms with E-state index in [4.69, 9.17) is 4.74 Å². The smallest absolute Gasteiger partial charge is 0.159 e. The second kappa shape index (κ2) is 7.91. The Morgan fingerprint density at radius 2 is 2.03 bits per heavy atom. The van der Waals surface area contributed by atoms with Gasteiger partial charge in [-0.2, -0.15) is 9.78 Å². The van der Waals surface area contributed by atoms with Crippen molar-refractivity contribution in [1.29, 1.82) is 0 Å². The van der Waals surface area contributed by atoms with Gasteiger partial charge in [0.1, 0.15) is 11.4 Å². The number of rotatable bonds is 7. The minimum Gasteiger partial charge on any atom is -0.494 e. The number of halogens is 1. The summed E-state index contributed by atoms with van der Waals surface area (Å²) in [5.41, 5.74) is 4.95. The third-order valence-corrected chi connectivity index (χ3v) is 5.71. The second-order valence-electron chi connectivity index (χ2n) is 7.24. The summed E-state index contributed by atoms with van der Waals surface area (Å²) in [7, 11) is 1.66. The summed E-state index contributed by atoms with van der Waals surface area (Å²) >= 11 is 3.48. The molecular weight excluding hydrogens is 446 g/mol. The van der Waals surface area contributed by atoms with Crippen molar-refractivity contribution in [1.82, 2.24) is 30.4 Å². The van der Waals surface area contributed by atoms with E-state index in [-0.39, 0.29) is 0 Å². The molecule has 4 aromatic rings. The summed E-state index contributed by atoms with van der Waals surface area (Å²) in [5.74, 6) is 2.05. The fourth-order valence-electron chi connectivity index (χ4n) is 3.44. The Labute approximate surface area is 181 Å². The van der Waals surface area contributed by atoms with Crippen molar-refractivity contribution < 1.29 is 4.74 Å². The average Bonchev–Trinajstić information content (AvgIpc) is 3.31. The van der Waals surface area contributed by atoms with Crippen LogP contribution in [0.25, 0.3) is 16.9 Å². The Hall–Kier alpha value is -3.20. The maximum Gasteiger partial charge on any atom is 0.159 e. The van der Waals surface area contributed by atoms with Crippen LogP contribution >= 0.6 is 15.9 Å². The predicted molar refractivity (Wildman–Crippen MR) is 117 cm³/mol. The average molecular weight is 466 g/mol. The van der Waals surface area contributed by atoms with Gasteiger partial charge in [0.2, 0.25) is 0 Å². The minimum absolute atomic E-state index is 0.431. The molecule has 0 saturated heterocycles. The second-order valence-corrected chi connectivity index (χ2v) is 8.16. The van der Waals surface area contributed by atoms with Gasteiger partial charge in [0, 0.05) is 28.2 Å². The van der Waals surface area contributed by atoms with Crippen molar-refractivity contribution in [3.05, 3.63) is 64.5 Å². The van der Waals surface area contributed by atoms with Crippen LogP contribution < -0.4 is 10.1 Å². The van der Waals surface area contributed by atoms with Gasteiger partial charge in [0.15, 0.2) is 5.82 Å². The standard InChI is InChI=1S/C21H20BrN7O/c1-30-19-9-8-17(10-18(19)29-21(14-2-3-14)26-27-28-29)23-11-15-12-24-25-20(15)13-4-6-16(22)7-5-13/h4-10,12,14,23H,2-3,11H2,1H3,(H,24,25). The van der Waals surface area contributed by atoms with Crippen LogP contribution in [0.2, 0.25) is 0 Å². The normalized spacial score (nSPS) is 13.4. The number of hydrogen-bond acceptors (Lipinski definition) is 6. The molecule has 0 aliphatic heterocycles. The van der Waals surface area contributed by atoms with Gasteiger partial charge >= 0.3 is 0 Å². The van der Waals surface area contributed by atoms with Gasteiger partial charge in [-0.3, -0.25) is 5.10 Å². The number of benzene rings is 2. The highest BCUT2D eigenvalue weighted by molar-refractivity contribution is 9.10. The molecule has 1 aliphatic carbocycles. The molecule has 0 radical (unpaired) electrons. The van der Waals surface area contributed by atoms with Crippen molar-refractivity contribution in [3.8, 4) is 22.7 Å². The summed E-state index contributed by atoms with van der Waals surface area (Å²) in [4.78, 5) is 0. The van der Waals surface area contributed by atoms with E-state index in [0.717, 1.165) is 57.1 Å². The molecule has 8 nitrogen and oxygen atoms in total. The Bertz CT molecular complexity index is 1160. The highest BCUT2D eigenvalue weighted by atomic mass is 79.9. The molecule has 1 fully saturated rings. The first-order valence-electron chi connectivity index (χ1n) is 9.71. The van der Waals surface area contributed by atoms with Gasteiger partial charge in [-0.05, 0) is 59.2 Å². The lowest BCUT2D eigenvalue weighted by atomic mass is 10.1. The zero-order chi connectivity index (χ0) is 20.5. The number of nitrogens with one attached hydrogen (secondary N) is 2. The zero-order valence-electron chi connectivity index (χ0n) is 16.3. The molecule has 2 aromatic carbocycles. The van der Waals surface area contributed by atoms with E-state index in [2.05, 4.69) is 59.1 Å². The molecule has 2 aromatic heterocycles. The van der Waals surface area contributed by atoms with E-state index in [1.807, 2.05) is 36.5 Å². The highest BCUT2D eigenvalue weighted by Crippen LogP contribution is 2.40. The number of hydrogen-bond donors (Lipinski definition) is 2. The van der Waals surface area contributed by atoms with E-state index in [1.54, 1.807) is 11.8 Å². The first kappa shape index (κ1) is 18.8. The lowest BCUT2D eigenvalue weighted by Gasteiger charge is -2.13. The van der Waals surface area contributed by atoms with Gasteiger partial charge < -0.3 is 10.1 Å². The van der Waals surface area contributed by atoms with Crippen LogP contribution in [0.4, 0.5) is 5.69 Å². The lowest BCUT2D eigenvalue weighted by Crippen LogP contribution is -2.06. The molecule has 9 heteroatoms. The topological polar surface area (TPSA) is 93.5 Å². The Morgan fingerprint density at radius 3 is 2.80 bits per heavy atom. The number of aromatic amines is 1. The van der Waals surface area contributed by atoms with Crippen molar-refractivity contribution in [2.24, 2.45) is 0 Å². The van der Waals surface area contributed by atoms with Crippen LogP contribution in [0, 0.1) is 0 Å². The fraction of sp³-hybridized carbons (Fsp3) is 0.238. The number of H-pyrrole nitrogens is 1. The first-order chi connectivity index (χ1) is 14.7. The van der Waals surface area contributed by atoms with Crippen molar-refractivity contribution in [2.45, 2.75) is 25.3 Å². The zero-order valence-corrected chi connectivity index (χ0v) is 17.9. The number of aromatic nitrogens is 6. The molecule has 1 aliphatic rings. The largest absolute Gasteiger partial charge is 0.494 e. The Kier molecular flexibility index (Phi) is 4.96. The number of nitrogens with zero attached hydrogens (tertiary/aromatic N) is 5. The molecule has 30 heavy (non-hydrogen) atoms. The predicted octanol–water partition coefficient (Wildman–Crippen LogP) is 4.31.